The van der Waals surface area contributed by atoms with Crippen molar-refractivity contribution in [2.24, 2.45) is 5.92 Å². The summed E-state index contributed by atoms with van der Waals surface area (Å²) in [7, 11) is 0. The summed E-state index contributed by atoms with van der Waals surface area (Å²) < 4.78 is 26.3. The van der Waals surface area contributed by atoms with Gasteiger partial charge in [-0.2, -0.15) is 0 Å². The monoisotopic (exact) mass is 322 g/mol. The zero-order valence-electron chi connectivity index (χ0n) is 13.4. The molecule has 0 spiro atoms. The van der Waals surface area contributed by atoms with Crippen LogP contribution >= 0.6 is 0 Å². The molecule has 126 valence electrons. The molecule has 3 rings (SSSR count). The fourth-order valence-electron chi connectivity index (χ4n) is 4.02. The maximum absolute atomic E-state index is 13.2. The molecule has 2 aliphatic heterocycles. The van der Waals surface area contributed by atoms with E-state index < -0.39 is 11.6 Å². The van der Waals surface area contributed by atoms with E-state index >= 15 is 0 Å². The maximum Gasteiger partial charge on any atom is 0.224 e. The Labute approximate surface area is 136 Å². The van der Waals surface area contributed by atoms with Gasteiger partial charge in [0.05, 0.1) is 6.42 Å². The normalized spacial score (nSPS) is 25.0. The highest BCUT2D eigenvalue weighted by molar-refractivity contribution is 5.78. The lowest BCUT2D eigenvalue weighted by atomic mass is 9.83. The van der Waals surface area contributed by atoms with Gasteiger partial charge in [0.15, 0.2) is 0 Å². The third kappa shape index (κ3) is 4.28. The van der Waals surface area contributed by atoms with E-state index in [1.807, 2.05) is 0 Å². The summed E-state index contributed by atoms with van der Waals surface area (Å²) in [6.45, 7) is 3.02. The lowest BCUT2D eigenvalue weighted by Crippen LogP contribution is -2.51. The van der Waals surface area contributed by atoms with Gasteiger partial charge in [0.25, 0.3) is 0 Å². The molecule has 1 aromatic rings. The van der Waals surface area contributed by atoms with Crippen molar-refractivity contribution in [1.29, 1.82) is 0 Å². The standard InChI is InChI=1S/C18H24F2N2O/c19-15-8-13(9-16(20)11-15)10-18(23)21-12-14-4-3-7-22-6-2-1-5-17(14)22/h8-9,11,14,17H,1-7,10,12H2,(H,21,23)/t14-,17+/m0/s1. The molecular formula is C18H24F2N2O. The molecule has 5 heteroatoms. The van der Waals surface area contributed by atoms with Crippen LogP contribution in [0.25, 0.3) is 0 Å². The van der Waals surface area contributed by atoms with E-state index in [-0.39, 0.29) is 12.3 Å². The summed E-state index contributed by atoms with van der Waals surface area (Å²) >= 11 is 0. The fourth-order valence-corrected chi connectivity index (χ4v) is 4.02. The van der Waals surface area contributed by atoms with Gasteiger partial charge in [0, 0.05) is 18.7 Å². The average Bonchev–Trinajstić information content (AvgIpc) is 2.52. The first-order valence-electron chi connectivity index (χ1n) is 8.57. The Hall–Kier alpha value is -1.49. The van der Waals surface area contributed by atoms with Crippen molar-refractivity contribution >= 4 is 5.91 Å². The molecule has 1 N–H and O–H groups in total. The van der Waals surface area contributed by atoms with Gasteiger partial charge in [-0.3, -0.25) is 4.79 Å². The van der Waals surface area contributed by atoms with Crippen LogP contribution in [0.1, 0.15) is 37.7 Å². The van der Waals surface area contributed by atoms with Crippen molar-refractivity contribution in [2.75, 3.05) is 19.6 Å². The van der Waals surface area contributed by atoms with Gasteiger partial charge in [0.1, 0.15) is 11.6 Å². The van der Waals surface area contributed by atoms with E-state index in [1.165, 1.54) is 50.9 Å². The lowest BCUT2D eigenvalue weighted by Gasteiger charge is -2.44. The zero-order valence-corrected chi connectivity index (χ0v) is 13.4. The summed E-state index contributed by atoms with van der Waals surface area (Å²) in [5, 5.41) is 2.96. The first-order chi connectivity index (χ1) is 11.1. The summed E-state index contributed by atoms with van der Waals surface area (Å²) in [5.41, 5.74) is 0.378. The third-order valence-corrected chi connectivity index (χ3v) is 5.08. The Bertz CT molecular complexity index is 542. The van der Waals surface area contributed by atoms with E-state index in [1.54, 1.807) is 0 Å². The second-order valence-corrected chi connectivity index (χ2v) is 6.76. The van der Waals surface area contributed by atoms with Gasteiger partial charge < -0.3 is 10.2 Å². The van der Waals surface area contributed by atoms with Crippen LogP contribution in [0, 0.1) is 17.6 Å². The number of piperidine rings is 2. The highest BCUT2D eigenvalue weighted by Crippen LogP contribution is 2.30. The SMILES string of the molecule is O=C(Cc1cc(F)cc(F)c1)NC[C@@H]1CCCN2CCCC[C@H]12. The Morgan fingerprint density at radius 2 is 1.83 bits per heavy atom. The first kappa shape index (κ1) is 16.4. The number of hydrogen-bond acceptors (Lipinski definition) is 2. The van der Waals surface area contributed by atoms with E-state index in [4.69, 9.17) is 0 Å². The average molecular weight is 322 g/mol. The number of halogens is 2. The first-order valence-corrected chi connectivity index (χ1v) is 8.57. The number of nitrogens with zero attached hydrogens (tertiary/aromatic N) is 1. The summed E-state index contributed by atoms with van der Waals surface area (Å²) in [6, 6.07) is 3.84. The topological polar surface area (TPSA) is 32.3 Å². The molecule has 0 saturated carbocycles. The molecular weight excluding hydrogens is 298 g/mol. The van der Waals surface area contributed by atoms with E-state index in [2.05, 4.69) is 10.2 Å². The van der Waals surface area contributed by atoms with Gasteiger partial charge in [0.2, 0.25) is 5.91 Å². The molecule has 2 fully saturated rings. The van der Waals surface area contributed by atoms with Crippen molar-refractivity contribution in [3.05, 3.63) is 35.4 Å². The molecule has 0 aromatic heterocycles. The second kappa shape index (κ2) is 7.39. The Balaban J connectivity index is 1.52. The fraction of sp³-hybridized carbons (Fsp3) is 0.611. The zero-order chi connectivity index (χ0) is 16.2. The maximum atomic E-state index is 13.2. The van der Waals surface area contributed by atoms with Crippen molar-refractivity contribution < 1.29 is 13.6 Å². The second-order valence-electron chi connectivity index (χ2n) is 6.76. The highest BCUT2D eigenvalue weighted by atomic mass is 19.1. The minimum Gasteiger partial charge on any atom is -0.355 e. The largest absolute Gasteiger partial charge is 0.355 e. The van der Waals surface area contributed by atoms with Gasteiger partial charge >= 0.3 is 0 Å². The summed E-state index contributed by atoms with van der Waals surface area (Å²) in [4.78, 5) is 14.6. The molecule has 3 nitrogen and oxygen atoms in total. The molecule has 0 unspecified atom stereocenters. The summed E-state index contributed by atoms with van der Waals surface area (Å²) in [5.74, 6) is -0.948. The molecule has 1 aromatic carbocycles. The van der Waals surface area contributed by atoms with Gasteiger partial charge in [-0.25, -0.2) is 8.78 Å². The number of carbonyl (C=O) groups is 1. The molecule has 23 heavy (non-hydrogen) atoms. The number of hydrogen-bond donors (Lipinski definition) is 1. The Morgan fingerprint density at radius 1 is 1.09 bits per heavy atom. The van der Waals surface area contributed by atoms with Crippen LogP contribution in [0.2, 0.25) is 0 Å². The predicted molar refractivity (Wildman–Crippen MR) is 85.0 cm³/mol. The van der Waals surface area contributed by atoms with Crippen LogP contribution in [0.15, 0.2) is 18.2 Å². The van der Waals surface area contributed by atoms with Crippen LogP contribution in [-0.4, -0.2) is 36.5 Å². The Kier molecular flexibility index (Phi) is 5.26. The van der Waals surface area contributed by atoms with E-state index in [0.29, 0.717) is 24.1 Å². The van der Waals surface area contributed by atoms with Gasteiger partial charge in [-0.1, -0.05) is 6.42 Å². The van der Waals surface area contributed by atoms with Gasteiger partial charge in [-0.05, 0) is 62.4 Å². The van der Waals surface area contributed by atoms with Crippen molar-refractivity contribution in [3.8, 4) is 0 Å². The number of benzene rings is 1. The van der Waals surface area contributed by atoms with E-state index in [9.17, 15) is 13.6 Å². The lowest BCUT2D eigenvalue weighted by molar-refractivity contribution is -0.120. The Morgan fingerprint density at radius 3 is 2.61 bits per heavy atom. The summed E-state index contributed by atoms with van der Waals surface area (Å²) in [6.07, 6.45) is 6.13. The van der Waals surface area contributed by atoms with E-state index in [0.717, 1.165) is 12.5 Å². The molecule has 0 bridgehead atoms. The number of carbonyl (C=O) groups excluding carboxylic acids is 1. The number of amides is 1. The third-order valence-electron chi connectivity index (χ3n) is 5.08. The van der Waals surface area contributed by atoms with Crippen LogP contribution < -0.4 is 5.32 Å². The molecule has 0 radical (unpaired) electrons. The van der Waals surface area contributed by atoms with Gasteiger partial charge in [-0.15, -0.1) is 0 Å². The molecule has 0 aliphatic carbocycles. The minimum absolute atomic E-state index is 0.0236. The quantitative estimate of drug-likeness (QED) is 0.924. The van der Waals surface area contributed by atoms with Crippen molar-refractivity contribution in [1.82, 2.24) is 10.2 Å². The molecule has 2 aliphatic rings. The van der Waals surface area contributed by atoms with Crippen LogP contribution in [0.3, 0.4) is 0 Å². The molecule has 1 amide bonds. The van der Waals surface area contributed by atoms with Crippen LogP contribution in [0.5, 0.6) is 0 Å². The van der Waals surface area contributed by atoms with Crippen LogP contribution in [0.4, 0.5) is 8.78 Å². The van der Waals surface area contributed by atoms with Crippen molar-refractivity contribution in [3.63, 3.8) is 0 Å². The number of rotatable bonds is 4. The predicted octanol–water partition coefficient (Wildman–Crippen LogP) is 2.89. The molecule has 2 saturated heterocycles. The highest BCUT2D eigenvalue weighted by Gasteiger charge is 2.32. The van der Waals surface area contributed by atoms with Crippen molar-refractivity contribution in [2.45, 2.75) is 44.6 Å². The minimum atomic E-state index is -0.641. The number of fused-ring (bicyclic) bond motifs is 1. The molecule has 2 heterocycles. The smallest absolute Gasteiger partial charge is 0.224 e. The molecule has 2 atom stereocenters. The van der Waals surface area contributed by atoms with Crippen LogP contribution in [-0.2, 0) is 11.2 Å². The number of nitrogens with one attached hydrogen (secondary N) is 1.